The number of amides is 1. The normalized spacial score (nSPS) is 15.5. The molecule has 2 N–H and O–H groups in total. The van der Waals surface area contributed by atoms with Gasteiger partial charge in [0.2, 0.25) is 0 Å². The van der Waals surface area contributed by atoms with Crippen LogP contribution in [0.4, 0.5) is 5.82 Å². The quantitative estimate of drug-likeness (QED) is 0.597. The average Bonchev–Trinajstić information content (AvgIpc) is 2.70. The van der Waals surface area contributed by atoms with Crippen molar-refractivity contribution in [2.75, 3.05) is 4.90 Å². The first-order valence-corrected chi connectivity index (χ1v) is 9.57. The van der Waals surface area contributed by atoms with Crippen LogP contribution in [-0.2, 0) is 4.79 Å². The molecule has 27 heavy (non-hydrogen) atoms. The minimum atomic E-state index is -0.194. The maximum absolute atomic E-state index is 13.4. The summed E-state index contributed by atoms with van der Waals surface area (Å²) < 4.78 is 0. The summed E-state index contributed by atoms with van der Waals surface area (Å²) in [6.07, 6.45) is 9.49. The number of aromatic hydroxyl groups is 2. The smallest absolute Gasteiger partial charge is 0.255 e. The van der Waals surface area contributed by atoms with E-state index >= 15 is 0 Å². The van der Waals surface area contributed by atoms with E-state index in [1.807, 2.05) is 30.0 Å². The number of aromatic nitrogens is 1. The second-order valence-corrected chi connectivity index (χ2v) is 6.93. The van der Waals surface area contributed by atoms with Gasteiger partial charge in [-0.3, -0.25) is 9.69 Å². The van der Waals surface area contributed by atoms with Gasteiger partial charge in [0.1, 0.15) is 5.82 Å². The molecule has 5 nitrogen and oxygen atoms in total. The number of hydrogen-bond donors (Lipinski definition) is 2. The van der Waals surface area contributed by atoms with Crippen LogP contribution in [0.25, 0.3) is 6.08 Å². The monoisotopic (exact) mass is 366 g/mol. The number of carbonyl (C=O) groups excluding carboxylic acids is 1. The van der Waals surface area contributed by atoms with E-state index in [2.05, 4.69) is 4.98 Å². The predicted octanol–water partition coefficient (Wildman–Crippen LogP) is 4.65. The molecular weight excluding hydrogens is 340 g/mol. The van der Waals surface area contributed by atoms with Crippen molar-refractivity contribution in [3.63, 3.8) is 0 Å². The number of anilines is 1. The molecule has 1 saturated carbocycles. The number of carbonyl (C=O) groups is 1. The van der Waals surface area contributed by atoms with Gasteiger partial charge in [-0.1, -0.05) is 38.3 Å². The summed E-state index contributed by atoms with van der Waals surface area (Å²) in [7, 11) is 0. The van der Waals surface area contributed by atoms with Gasteiger partial charge in [0.05, 0.1) is 0 Å². The molecule has 1 aliphatic carbocycles. The van der Waals surface area contributed by atoms with Crippen molar-refractivity contribution in [1.82, 2.24) is 4.98 Å². The van der Waals surface area contributed by atoms with Gasteiger partial charge in [0.25, 0.3) is 5.91 Å². The number of phenolic OH excluding ortho intramolecular Hbond substituents is 2. The zero-order valence-corrected chi connectivity index (χ0v) is 15.6. The average molecular weight is 366 g/mol. The topological polar surface area (TPSA) is 73.7 Å². The van der Waals surface area contributed by atoms with E-state index in [-0.39, 0.29) is 23.4 Å². The van der Waals surface area contributed by atoms with Crippen LogP contribution in [0.15, 0.2) is 48.2 Å². The Bertz CT molecular complexity index is 812. The number of benzene rings is 1. The van der Waals surface area contributed by atoms with Gasteiger partial charge < -0.3 is 10.2 Å². The molecule has 0 radical (unpaired) electrons. The van der Waals surface area contributed by atoms with Gasteiger partial charge in [-0.25, -0.2) is 4.98 Å². The van der Waals surface area contributed by atoms with Crippen LogP contribution in [0.3, 0.4) is 0 Å². The van der Waals surface area contributed by atoms with E-state index in [0.717, 1.165) is 25.7 Å². The van der Waals surface area contributed by atoms with Crippen LogP contribution in [0.2, 0.25) is 0 Å². The zero-order chi connectivity index (χ0) is 19.2. The molecule has 0 atom stereocenters. The number of hydrogen-bond acceptors (Lipinski definition) is 4. The maximum atomic E-state index is 13.4. The van der Waals surface area contributed by atoms with Gasteiger partial charge in [0.15, 0.2) is 11.5 Å². The summed E-state index contributed by atoms with van der Waals surface area (Å²) >= 11 is 0. The first-order chi connectivity index (χ1) is 13.1. The number of pyridine rings is 1. The van der Waals surface area contributed by atoms with Gasteiger partial charge in [-0.2, -0.15) is 0 Å². The molecule has 1 aliphatic rings. The highest BCUT2D eigenvalue weighted by Gasteiger charge is 2.29. The lowest BCUT2D eigenvalue weighted by atomic mass is 9.93. The molecule has 1 fully saturated rings. The molecule has 0 bridgehead atoms. The summed E-state index contributed by atoms with van der Waals surface area (Å²) in [5, 5.41) is 19.2. The Morgan fingerprint density at radius 3 is 2.56 bits per heavy atom. The Hall–Kier alpha value is -2.82. The van der Waals surface area contributed by atoms with Crippen LogP contribution >= 0.6 is 0 Å². The van der Waals surface area contributed by atoms with Crippen molar-refractivity contribution in [1.29, 1.82) is 0 Å². The standard InChI is InChI=1S/C22H26N2O3/c1-2-17(14-16-11-12-19(25)20(26)15-16)22(27)24(18-8-4-3-5-9-18)21-10-6-7-13-23-21/h6-7,10-15,18,25-26H,2-5,8-9H2,1H3/b17-14+. The lowest BCUT2D eigenvalue weighted by Gasteiger charge is -2.34. The van der Waals surface area contributed by atoms with E-state index in [4.69, 9.17) is 0 Å². The molecule has 3 rings (SSSR count). The fourth-order valence-corrected chi connectivity index (χ4v) is 3.59. The molecule has 1 amide bonds. The third-order valence-corrected chi connectivity index (χ3v) is 5.05. The Labute approximate surface area is 160 Å². The van der Waals surface area contributed by atoms with Crippen molar-refractivity contribution in [2.45, 2.75) is 51.5 Å². The molecule has 0 aliphatic heterocycles. The van der Waals surface area contributed by atoms with Crippen molar-refractivity contribution in [2.24, 2.45) is 0 Å². The van der Waals surface area contributed by atoms with E-state index in [1.54, 1.807) is 18.3 Å². The van der Waals surface area contributed by atoms with Gasteiger partial charge in [-0.15, -0.1) is 0 Å². The highest BCUT2D eigenvalue weighted by molar-refractivity contribution is 6.08. The van der Waals surface area contributed by atoms with Crippen molar-refractivity contribution < 1.29 is 15.0 Å². The number of nitrogens with zero attached hydrogens (tertiary/aromatic N) is 2. The summed E-state index contributed by atoms with van der Waals surface area (Å²) in [6.45, 7) is 1.95. The molecule has 1 aromatic carbocycles. The molecule has 1 heterocycles. The minimum absolute atomic E-state index is 0.0457. The fraction of sp³-hybridized carbons (Fsp3) is 0.364. The lowest BCUT2D eigenvalue weighted by Crippen LogP contribution is -2.42. The van der Waals surface area contributed by atoms with Crippen molar-refractivity contribution in [3.05, 3.63) is 53.7 Å². The number of phenols is 2. The highest BCUT2D eigenvalue weighted by Crippen LogP contribution is 2.30. The van der Waals surface area contributed by atoms with Gasteiger partial charge >= 0.3 is 0 Å². The van der Waals surface area contributed by atoms with Crippen molar-refractivity contribution in [3.8, 4) is 11.5 Å². The van der Waals surface area contributed by atoms with E-state index in [1.165, 1.54) is 18.6 Å². The second-order valence-electron chi connectivity index (χ2n) is 6.93. The molecule has 0 unspecified atom stereocenters. The van der Waals surface area contributed by atoms with E-state index in [9.17, 15) is 15.0 Å². The highest BCUT2D eigenvalue weighted by atomic mass is 16.3. The minimum Gasteiger partial charge on any atom is -0.504 e. The van der Waals surface area contributed by atoms with Gasteiger partial charge in [0, 0.05) is 17.8 Å². The SMILES string of the molecule is CC/C(=C\c1ccc(O)c(O)c1)C(=O)N(c1ccccn1)C1CCCCC1. The molecule has 2 aromatic rings. The van der Waals surface area contributed by atoms with Gasteiger partial charge in [-0.05, 0) is 55.2 Å². The third-order valence-electron chi connectivity index (χ3n) is 5.05. The Morgan fingerprint density at radius 2 is 1.93 bits per heavy atom. The summed E-state index contributed by atoms with van der Waals surface area (Å²) in [6, 6.07) is 10.4. The first-order valence-electron chi connectivity index (χ1n) is 9.57. The predicted molar refractivity (Wildman–Crippen MR) is 107 cm³/mol. The van der Waals surface area contributed by atoms with Crippen molar-refractivity contribution >= 4 is 17.8 Å². The largest absolute Gasteiger partial charge is 0.504 e. The maximum Gasteiger partial charge on any atom is 0.255 e. The Morgan fingerprint density at radius 1 is 1.15 bits per heavy atom. The van der Waals surface area contributed by atoms with Crippen LogP contribution in [0, 0.1) is 0 Å². The first kappa shape index (κ1) is 19.0. The van der Waals surface area contributed by atoms with E-state index < -0.39 is 0 Å². The molecule has 5 heteroatoms. The second kappa shape index (κ2) is 8.71. The Balaban J connectivity index is 1.95. The summed E-state index contributed by atoms with van der Waals surface area (Å²) in [5.74, 6) is 0.271. The Kier molecular flexibility index (Phi) is 6.12. The third kappa shape index (κ3) is 4.48. The van der Waals surface area contributed by atoms with Crippen LogP contribution in [0.5, 0.6) is 11.5 Å². The molecule has 1 aromatic heterocycles. The molecule has 142 valence electrons. The molecule has 0 spiro atoms. The van der Waals surface area contributed by atoms with Crippen LogP contribution in [-0.4, -0.2) is 27.1 Å². The molecule has 0 saturated heterocycles. The summed E-state index contributed by atoms with van der Waals surface area (Å²) in [5.41, 5.74) is 1.33. The van der Waals surface area contributed by atoms with Crippen LogP contribution < -0.4 is 4.90 Å². The molecular formula is C22H26N2O3. The fourth-order valence-electron chi connectivity index (χ4n) is 3.59. The number of rotatable bonds is 5. The lowest BCUT2D eigenvalue weighted by molar-refractivity contribution is -0.115. The summed E-state index contributed by atoms with van der Waals surface area (Å²) in [4.78, 5) is 19.7. The zero-order valence-electron chi connectivity index (χ0n) is 15.6. The van der Waals surface area contributed by atoms with E-state index in [0.29, 0.717) is 23.4 Å². The van der Waals surface area contributed by atoms with Crippen LogP contribution in [0.1, 0.15) is 51.0 Å².